The number of hydrogen-bond donors (Lipinski definition) is 1. The van der Waals surface area contributed by atoms with Crippen molar-refractivity contribution in [2.24, 2.45) is 0 Å². The van der Waals surface area contributed by atoms with Crippen LogP contribution in [-0.4, -0.2) is 44.9 Å². The summed E-state index contributed by atoms with van der Waals surface area (Å²) in [4.78, 5) is 27.8. The van der Waals surface area contributed by atoms with Crippen molar-refractivity contribution in [3.05, 3.63) is 71.3 Å². The van der Waals surface area contributed by atoms with Gasteiger partial charge in [0.25, 0.3) is 0 Å². The Balaban J connectivity index is 0.000000145. The van der Waals surface area contributed by atoms with E-state index < -0.39 is 0 Å². The second-order valence-corrected chi connectivity index (χ2v) is 10.2. The van der Waals surface area contributed by atoms with E-state index in [9.17, 15) is 23.5 Å². The van der Waals surface area contributed by atoms with Gasteiger partial charge in [-0.15, -0.1) is 0 Å². The van der Waals surface area contributed by atoms with E-state index in [1.54, 1.807) is 12.1 Å². The number of rotatable bonds is 2. The SMILES string of the molecule is O=C1CCC2CC(O)CC(c3ccc(F)cc3)N12.O=C1CCC2CCCC(c3ccc(F)cc3)N12. The fourth-order valence-electron chi connectivity index (χ4n) is 6.36. The molecule has 4 heterocycles. The zero-order chi connectivity index (χ0) is 24.5. The molecule has 186 valence electrons. The molecule has 5 atom stereocenters. The van der Waals surface area contributed by atoms with E-state index in [0.717, 1.165) is 43.2 Å². The zero-order valence-corrected chi connectivity index (χ0v) is 19.8. The van der Waals surface area contributed by atoms with Gasteiger partial charge in [-0.2, -0.15) is 0 Å². The van der Waals surface area contributed by atoms with Crippen LogP contribution in [0.3, 0.4) is 0 Å². The van der Waals surface area contributed by atoms with Gasteiger partial charge in [-0.05, 0) is 80.3 Å². The number of fused-ring (bicyclic) bond motifs is 2. The lowest BCUT2D eigenvalue weighted by Crippen LogP contribution is -2.44. The van der Waals surface area contributed by atoms with Crippen molar-refractivity contribution < 1.29 is 23.5 Å². The molecule has 0 spiro atoms. The summed E-state index contributed by atoms with van der Waals surface area (Å²) in [7, 11) is 0. The molecule has 5 nitrogen and oxygen atoms in total. The van der Waals surface area contributed by atoms with Crippen molar-refractivity contribution in [1.82, 2.24) is 9.80 Å². The van der Waals surface area contributed by atoms with Crippen LogP contribution in [0.25, 0.3) is 0 Å². The summed E-state index contributed by atoms with van der Waals surface area (Å²) in [5.74, 6) is -0.0708. The van der Waals surface area contributed by atoms with Crippen LogP contribution in [0.4, 0.5) is 8.78 Å². The lowest BCUT2D eigenvalue weighted by Gasteiger charge is -2.40. The van der Waals surface area contributed by atoms with Crippen LogP contribution in [-0.2, 0) is 9.59 Å². The highest BCUT2D eigenvalue weighted by Gasteiger charge is 2.42. The number of hydrogen-bond acceptors (Lipinski definition) is 3. The largest absolute Gasteiger partial charge is 0.393 e. The lowest BCUT2D eigenvalue weighted by molar-refractivity contribution is -0.135. The summed E-state index contributed by atoms with van der Waals surface area (Å²) in [6.07, 6.45) is 7.22. The summed E-state index contributed by atoms with van der Waals surface area (Å²) in [6, 6.07) is 13.5. The summed E-state index contributed by atoms with van der Waals surface area (Å²) < 4.78 is 25.9. The van der Waals surface area contributed by atoms with Crippen molar-refractivity contribution in [2.45, 2.75) is 88.1 Å². The first-order chi connectivity index (χ1) is 16.9. The number of aliphatic hydroxyl groups excluding tert-OH is 1. The van der Waals surface area contributed by atoms with Crippen LogP contribution in [0.1, 0.15) is 81.0 Å². The Morgan fingerprint density at radius 3 is 1.77 bits per heavy atom. The number of piperidine rings is 2. The summed E-state index contributed by atoms with van der Waals surface area (Å²) >= 11 is 0. The van der Waals surface area contributed by atoms with Crippen molar-refractivity contribution >= 4 is 11.8 Å². The topological polar surface area (TPSA) is 60.9 Å². The second-order valence-electron chi connectivity index (χ2n) is 10.2. The molecule has 7 heteroatoms. The van der Waals surface area contributed by atoms with Crippen molar-refractivity contribution in [3.63, 3.8) is 0 Å². The molecule has 5 unspecified atom stereocenters. The molecule has 2 aromatic rings. The molecular formula is C28H32F2N2O3. The quantitative estimate of drug-likeness (QED) is 0.651. The fraction of sp³-hybridized carbons (Fsp3) is 0.500. The monoisotopic (exact) mass is 482 g/mol. The van der Waals surface area contributed by atoms with Gasteiger partial charge in [0.15, 0.2) is 0 Å². The first-order valence-corrected chi connectivity index (χ1v) is 12.7. The van der Waals surface area contributed by atoms with Crippen LogP contribution in [0.15, 0.2) is 48.5 Å². The van der Waals surface area contributed by atoms with Gasteiger partial charge in [0.2, 0.25) is 11.8 Å². The Bertz CT molecular complexity index is 1060. The number of benzene rings is 2. The Labute approximate surface area is 204 Å². The maximum absolute atomic E-state index is 12.9. The number of aliphatic hydroxyl groups is 1. The molecule has 4 saturated heterocycles. The molecule has 6 rings (SSSR count). The van der Waals surface area contributed by atoms with Crippen LogP contribution in [0.5, 0.6) is 0 Å². The third-order valence-electron chi connectivity index (χ3n) is 7.98. The first kappa shape index (κ1) is 23.9. The molecular weight excluding hydrogens is 450 g/mol. The van der Waals surface area contributed by atoms with Gasteiger partial charge in [0, 0.05) is 24.9 Å². The van der Waals surface area contributed by atoms with E-state index in [2.05, 4.69) is 0 Å². The van der Waals surface area contributed by atoms with Gasteiger partial charge in [-0.25, -0.2) is 8.78 Å². The Hall–Kier alpha value is -2.80. The van der Waals surface area contributed by atoms with Gasteiger partial charge >= 0.3 is 0 Å². The van der Waals surface area contributed by atoms with E-state index in [0.29, 0.717) is 31.7 Å². The van der Waals surface area contributed by atoms with Gasteiger partial charge in [-0.3, -0.25) is 9.59 Å². The normalized spacial score (nSPS) is 30.0. The van der Waals surface area contributed by atoms with Crippen molar-refractivity contribution in [2.75, 3.05) is 0 Å². The van der Waals surface area contributed by atoms with Gasteiger partial charge in [0.05, 0.1) is 18.2 Å². The molecule has 4 aliphatic heterocycles. The predicted octanol–water partition coefficient (Wildman–Crippen LogP) is 5.05. The highest BCUT2D eigenvalue weighted by Crippen LogP contribution is 2.41. The average Bonchev–Trinajstić information content (AvgIpc) is 3.42. The predicted molar refractivity (Wildman–Crippen MR) is 127 cm³/mol. The molecule has 0 aromatic heterocycles. The minimum absolute atomic E-state index is 0.102. The van der Waals surface area contributed by atoms with Crippen molar-refractivity contribution in [1.29, 1.82) is 0 Å². The molecule has 0 radical (unpaired) electrons. The molecule has 2 aromatic carbocycles. The third kappa shape index (κ3) is 4.96. The van der Waals surface area contributed by atoms with Gasteiger partial charge in [0.1, 0.15) is 11.6 Å². The molecule has 1 N–H and O–H groups in total. The third-order valence-corrected chi connectivity index (χ3v) is 7.98. The smallest absolute Gasteiger partial charge is 0.223 e. The Morgan fingerprint density at radius 1 is 0.657 bits per heavy atom. The molecule has 0 saturated carbocycles. The summed E-state index contributed by atoms with van der Waals surface area (Å²) in [5, 5.41) is 9.92. The van der Waals surface area contributed by atoms with E-state index >= 15 is 0 Å². The molecule has 0 bridgehead atoms. The van der Waals surface area contributed by atoms with Gasteiger partial charge in [-0.1, -0.05) is 24.3 Å². The molecule has 2 amide bonds. The first-order valence-electron chi connectivity index (χ1n) is 12.7. The average molecular weight is 483 g/mol. The minimum atomic E-state index is -0.368. The highest BCUT2D eigenvalue weighted by atomic mass is 19.1. The summed E-state index contributed by atoms with van der Waals surface area (Å²) in [6.45, 7) is 0. The van der Waals surface area contributed by atoms with Crippen LogP contribution in [0.2, 0.25) is 0 Å². The van der Waals surface area contributed by atoms with Crippen LogP contribution >= 0.6 is 0 Å². The Kier molecular flexibility index (Phi) is 6.87. The van der Waals surface area contributed by atoms with E-state index in [4.69, 9.17) is 0 Å². The number of nitrogens with zero attached hydrogens (tertiary/aromatic N) is 2. The maximum Gasteiger partial charge on any atom is 0.223 e. The molecule has 4 fully saturated rings. The summed E-state index contributed by atoms with van der Waals surface area (Å²) in [5.41, 5.74) is 1.99. The van der Waals surface area contributed by atoms with Crippen LogP contribution in [0, 0.1) is 11.6 Å². The number of carbonyl (C=O) groups excluding carboxylic acids is 2. The second kappa shape index (κ2) is 10.1. The minimum Gasteiger partial charge on any atom is -0.393 e. The number of carbonyl (C=O) groups is 2. The lowest BCUT2D eigenvalue weighted by atomic mass is 9.90. The molecule has 4 aliphatic rings. The number of amides is 2. The highest BCUT2D eigenvalue weighted by molar-refractivity contribution is 5.80. The molecule has 35 heavy (non-hydrogen) atoms. The van der Waals surface area contributed by atoms with Gasteiger partial charge < -0.3 is 14.9 Å². The van der Waals surface area contributed by atoms with E-state index in [1.165, 1.54) is 24.3 Å². The maximum atomic E-state index is 12.9. The zero-order valence-electron chi connectivity index (χ0n) is 19.8. The standard InChI is InChI=1S/C14H16FNO2.C14H16FNO/c15-10-3-1-9(2-4-10)13-8-12(17)7-11-5-6-14(18)16(11)13;15-11-6-4-10(5-7-11)13-3-1-2-12-8-9-14(17)16(12)13/h1-4,11-13,17H,5-8H2;4-7,12-13H,1-3,8-9H2. The van der Waals surface area contributed by atoms with E-state index in [1.807, 2.05) is 21.9 Å². The van der Waals surface area contributed by atoms with Crippen molar-refractivity contribution in [3.8, 4) is 0 Å². The van der Waals surface area contributed by atoms with Crippen LogP contribution < -0.4 is 0 Å². The van der Waals surface area contributed by atoms with E-state index in [-0.39, 0.29) is 47.7 Å². The molecule has 0 aliphatic carbocycles. The Morgan fingerprint density at radius 2 is 1.17 bits per heavy atom. The fourth-order valence-corrected chi connectivity index (χ4v) is 6.36. The number of halogens is 2.